The zero-order chi connectivity index (χ0) is 15.8. The van der Waals surface area contributed by atoms with Crippen molar-refractivity contribution in [1.29, 1.82) is 0 Å². The standard InChI is InChI=1S/C18H18N2OS2/c1-21-14-4-3-13-11-20(8-7-12(13)9-14)18-19-16-6-5-15(22-2)10-17(16)23-18/h3-6,9-10H,7-8,11H2,1-2H3. The van der Waals surface area contributed by atoms with Crippen LogP contribution in [0, 0.1) is 0 Å². The number of ether oxygens (including phenoxy) is 1. The van der Waals surface area contributed by atoms with Crippen molar-refractivity contribution in [2.24, 2.45) is 0 Å². The first-order valence-corrected chi connectivity index (χ1v) is 9.66. The van der Waals surface area contributed by atoms with Crippen LogP contribution in [0.4, 0.5) is 5.13 Å². The topological polar surface area (TPSA) is 25.4 Å². The van der Waals surface area contributed by atoms with Gasteiger partial charge in [-0.05, 0) is 54.1 Å². The molecule has 0 saturated carbocycles. The summed E-state index contributed by atoms with van der Waals surface area (Å²) in [6.07, 6.45) is 3.15. The quantitative estimate of drug-likeness (QED) is 0.650. The van der Waals surface area contributed by atoms with Gasteiger partial charge in [0.05, 0.1) is 17.3 Å². The van der Waals surface area contributed by atoms with Crippen molar-refractivity contribution in [1.82, 2.24) is 4.98 Å². The SMILES string of the molecule is COc1ccc2c(c1)CCN(c1nc3ccc(SC)cc3s1)C2. The van der Waals surface area contributed by atoms with Crippen LogP contribution in [0.2, 0.25) is 0 Å². The molecule has 0 unspecified atom stereocenters. The minimum atomic E-state index is 0.925. The number of thioether (sulfide) groups is 1. The van der Waals surface area contributed by atoms with Crippen molar-refractivity contribution in [3.63, 3.8) is 0 Å². The first kappa shape index (κ1) is 14.8. The van der Waals surface area contributed by atoms with Crippen LogP contribution in [-0.4, -0.2) is 24.9 Å². The third-order valence-electron chi connectivity index (χ3n) is 4.28. The number of methoxy groups -OCH3 is 1. The molecule has 2 aromatic carbocycles. The monoisotopic (exact) mass is 342 g/mol. The number of thiazole rings is 1. The smallest absolute Gasteiger partial charge is 0.186 e. The average Bonchev–Trinajstić information content (AvgIpc) is 3.03. The predicted octanol–water partition coefficient (Wildman–Crippen LogP) is 4.59. The van der Waals surface area contributed by atoms with Crippen LogP contribution < -0.4 is 9.64 Å². The van der Waals surface area contributed by atoms with Gasteiger partial charge in [-0.3, -0.25) is 0 Å². The molecule has 0 N–H and O–H groups in total. The molecule has 4 rings (SSSR count). The zero-order valence-electron chi connectivity index (χ0n) is 13.2. The van der Waals surface area contributed by atoms with Crippen molar-refractivity contribution >= 4 is 38.4 Å². The molecular weight excluding hydrogens is 324 g/mol. The Morgan fingerprint density at radius 3 is 2.91 bits per heavy atom. The van der Waals surface area contributed by atoms with Gasteiger partial charge in [-0.1, -0.05) is 17.4 Å². The molecule has 0 radical (unpaired) electrons. The lowest BCUT2D eigenvalue weighted by Gasteiger charge is -2.28. The van der Waals surface area contributed by atoms with Gasteiger partial charge in [-0.25, -0.2) is 4.98 Å². The molecular formula is C18H18N2OS2. The summed E-state index contributed by atoms with van der Waals surface area (Å²) >= 11 is 3.57. The van der Waals surface area contributed by atoms with Crippen molar-refractivity contribution < 1.29 is 4.74 Å². The van der Waals surface area contributed by atoms with Crippen LogP contribution in [0.1, 0.15) is 11.1 Å². The highest BCUT2D eigenvalue weighted by Crippen LogP contribution is 2.34. The molecule has 0 bridgehead atoms. The van der Waals surface area contributed by atoms with E-state index in [1.165, 1.54) is 20.7 Å². The summed E-state index contributed by atoms with van der Waals surface area (Å²) in [6, 6.07) is 12.9. The molecule has 2 heterocycles. The number of aromatic nitrogens is 1. The third-order valence-corrected chi connectivity index (χ3v) is 6.08. The molecule has 0 fully saturated rings. The van der Waals surface area contributed by atoms with Gasteiger partial charge in [0.25, 0.3) is 0 Å². The maximum atomic E-state index is 5.33. The largest absolute Gasteiger partial charge is 0.497 e. The molecule has 1 aliphatic rings. The molecule has 23 heavy (non-hydrogen) atoms. The van der Waals surface area contributed by atoms with E-state index in [-0.39, 0.29) is 0 Å². The summed E-state index contributed by atoms with van der Waals surface area (Å²) < 4.78 is 6.60. The van der Waals surface area contributed by atoms with E-state index >= 15 is 0 Å². The molecule has 118 valence electrons. The molecule has 5 heteroatoms. The first-order chi connectivity index (χ1) is 11.3. The fraction of sp³-hybridized carbons (Fsp3) is 0.278. The van der Waals surface area contributed by atoms with Gasteiger partial charge in [-0.15, -0.1) is 11.8 Å². The molecule has 0 saturated heterocycles. The summed E-state index contributed by atoms with van der Waals surface area (Å²) in [5, 5.41) is 1.12. The fourth-order valence-corrected chi connectivity index (χ4v) is 4.52. The Morgan fingerprint density at radius 2 is 2.09 bits per heavy atom. The number of fused-ring (bicyclic) bond motifs is 2. The summed E-state index contributed by atoms with van der Waals surface area (Å²) in [6.45, 7) is 1.93. The van der Waals surface area contributed by atoms with Gasteiger partial charge in [0, 0.05) is 18.0 Å². The van der Waals surface area contributed by atoms with Crippen LogP contribution in [0.15, 0.2) is 41.3 Å². The maximum absolute atomic E-state index is 5.33. The molecule has 3 nitrogen and oxygen atoms in total. The third kappa shape index (κ3) is 2.79. The lowest BCUT2D eigenvalue weighted by atomic mass is 10.00. The summed E-state index contributed by atoms with van der Waals surface area (Å²) in [5.41, 5.74) is 3.87. The summed E-state index contributed by atoms with van der Waals surface area (Å²) in [5.74, 6) is 0.946. The van der Waals surface area contributed by atoms with Crippen molar-refractivity contribution in [2.75, 3.05) is 24.8 Å². The Hall–Kier alpha value is -1.72. The van der Waals surface area contributed by atoms with E-state index in [0.29, 0.717) is 0 Å². The van der Waals surface area contributed by atoms with Crippen LogP contribution in [0.5, 0.6) is 5.75 Å². The van der Waals surface area contributed by atoms with E-state index in [0.717, 1.165) is 35.9 Å². The Morgan fingerprint density at radius 1 is 1.17 bits per heavy atom. The molecule has 0 aliphatic carbocycles. The molecule has 0 amide bonds. The van der Waals surface area contributed by atoms with Gasteiger partial charge >= 0.3 is 0 Å². The number of nitrogens with zero attached hydrogens (tertiary/aromatic N) is 2. The lowest BCUT2D eigenvalue weighted by molar-refractivity contribution is 0.414. The van der Waals surface area contributed by atoms with Crippen LogP contribution in [-0.2, 0) is 13.0 Å². The van der Waals surface area contributed by atoms with E-state index < -0.39 is 0 Å². The first-order valence-electron chi connectivity index (χ1n) is 7.62. The number of hydrogen-bond acceptors (Lipinski definition) is 5. The second-order valence-corrected chi connectivity index (χ2v) is 7.53. The predicted molar refractivity (Wildman–Crippen MR) is 99.1 cm³/mol. The molecule has 0 spiro atoms. The van der Waals surface area contributed by atoms with E-state index in [1.807, 2.05) is 6.07 Å². The highest BCUT2D eigenvalue weighted by Gasteiger charge is 2.20. The second-order valence-electron chi connectivity index (χ2n) is 5.64. The Labute approximate surface area is 144 Å². The second kappa shape index (κ2) is 6.06. The highest BCUT2D eigenvalue weighted by molar-refractivity contribution is 7.98. The molecule has 1 aliphatic heterocycles. The zero-order valence-corrected chi connectivity index (χ0v) is 14.8. The Balaban J connectivity index is 1.63. The Kier molecular flexibility index (Phi) is 3.91. The minimum Gasteiger partial charge on any atom is -0.497 e. The fourth-order valence-electron chi connectivity index (χ4n) is 2.97. The molecule has 3 aromatic rings. The van der Waals surface area contributed by atoms with Crippen LogP contribution in [0.25, 0.3) is 10.2 Å². The number of anilines is 1. The van der Waals surface area contributed by atoms with Crippen LogP contribution in [0.3, 0.4) is 0 Å². The minimum absolute atomic E-state index is 0.925. The van der Waals surface area contributed by atoms with E-state index in [1.54, 1.807) is 30.2 Å². The van der Waals surface area contributed by atoms with Crippen LogP contribution >= 0.6 is 23.1 Å². The van der Waals surface area contributed by atoms with E-state index in [9.17, 15) is 0 Å². The number of benzene rings is 2. The Bertz CT molecular complexity index is 859. The van der Waals surface area contributed by atoms with Gasteiger partial charge < -0.3 is 9.64 Å². The highest BCUT2D eigenvalue weighted by atomic mass is 32.2. The number of hydrogen-bond donors (Lipinski definition) is 0. The van der Waals surface area contributed by atoms with E-state index in [2.05, 4.69) is 41.5 Å². The molecule has 0 atom stereocenters. The summed E-state index contributed by atoms with van der Waals surface area (Å²) in [7, 11) is 1.72. The van der Waals surface area contributed by atoms with Crippen molar-refractivity contribution in [3.8, 4) is 5.75 Å². The van der Waals surface area contributed by atoms with Crippen molar-refractivity contribution in [3.05, 3.63) is 47.5 Å². The lowest BCUT2D eigenvalue weighted by Crippen LogP contribution is -2.30. The molecule has 1 aromatic heterocycles. The normalized spacial score (nSPS) is 14.1. The number of rotatable bonds is 3. The van der Waals surface area contributed by atoms with E-state index in [4.69, 9.17) is 9.72 Å². The summed E-state index contributed by atoms with van der Waals surface area (Å²) in [4.78, 5) is 8.51. The van der Waals surface area contributed by atoms with Gasteiger partial charge in [-0.2, -0.15) is 0 Å². The van der Waals surface area contributed by atoms with Gasteiger partial charge in [0.15, 0.2) is 5.13 Å². The average molecular weight is 342 g/mol. The maximum Gasteiger partial charge on any atom is 0.186 e. The van der Waals surface area contributed by atoms with Gasteiger partial charge in [0.2, 0.25) is 0 Å². The van der Waals surface area contributed by atoms with Crippen molar-refractivity contribution in [2.45, 2.75) is 17.9 Å². The van der Waals surface area contributed by atoms with Gasteiger partial charge in [0.1, 0.15) is 5.75 Å².